The van der Waals surface area contributed by atoms with Gasteiger partial charge < -0.3 is 16.0 Å². The lowest BCUT2D eigenvalue weighted by Gasteiger charge is -2.34. The van der Waals surface area contributed by atoms with Gasteiger partial charge in [-0.15, -0.1) is 0 Å². The van der Waals surface area contributed by atoms with Crippen molar-refractivity contribution in [2.75, 3.05) is 27.4 Å². The second kappa shape index (κ2) is 9.79. The lowest BCUT2D eigenvalue weighted by molar-refractivity contribution is -0.124. The fourth-order valence-electron chi connectivity index (χ4n) is 4.06. The van der Waals surface area contributed by atoms with Crippen molar-refractivity contribution in [2.24, 2.45) is 0 Å². The first-order valence-corrected chi connectivity index (χ1v) is 11.2. The van der Waals surface area contributed by atoms with E-state index in [1.54, 1.807) is 6.07 Å². The van der Waals surface area contributed by atoms with Crippen LogP contribution in [0.25, 0.3) is 0 Å². The van der Waals surface area contributed by atoms with Crippen LogP contribution in [0.3, 0.4) is 0 Å². The molecule has 0 fully saturated rings. The third kappa shape index (κ3) is 5.09. The summed E-state index contributed by atoms with van der Waals surface area (Å²) in [5.41, 5.74) is 5.72. The van der Waals surface area contributed by atoms with E-state index in [4.69, 9.17) is 0 Å². The van der Waals surface area contributed by atoms with Crippen molar-refractivity contribution in [1.82, 2.24) is 0 Å². The Balaban J connectivity index is 1.50. The van der Waals surface area contributed by atoms with E-state index in [1.807, 2.05) is 81.4 Å². The van der Waals surface area contributed by atoms with Gasteiger partial charge in [0.25, 0.3) is 5.91 Å². The van der Waals surface area contributed by atoms with E-state index in [-0.39, 0.29) is 30.7 Å². The van der Waals surface area contributed by atoms with Crippen molar-refractivity contribution >= 4 is 40.5 Å². The molecule has 0 spiro atoms. The van der Waals surface area contributed by atoms with E-state index >= 15 is 0 Å². The van der Waals surface area contributed by atoms with Crippen LogP contribution in [-0.2, 0) is 14.4 Å². The van der Waals surface area contributed by atoms with Crippen LogP contribution >= 0.6 is 0 Å². The molecule has 34 heavy (non-hydrogen) atoms. The molecule has 1 aliphatic heterocycles. The molecule has 0 saturated carbocycles. The first-order chi connectivity index (χ1) is 16.3. The number of nitrogens with one attached hydrogen (secondary N) is 3. The second-order valence-corrected chi connectivity index (χ2v) is 8.57. The Hall–Kier alpha value is -4.13. The van der Waals surface area contributed by atoms with Gasteiger partial charge >= 0.3 is 0 Å². The lowest BCUT2D eigenvalue weighted by atomic mass is 10.1. The van der Waals surface area contributed by atoms with E-state index in [1.165, 1.54) is 4.90 Å². The van der Waals surface area contributed by atoms with Crippen LogP contribution in [0.4, 0.5) is 22.7 Å². The quantitative estimate of drug-likeness (QED) is 0.513. The number of amides is 3. The number of hydrogen-bond acceptors (Lipinski definition) is 4. The number of fused-ring (bicyclic) bond motifs is 1. The van der Waals surface area contributed by atoms with Crippen molar-refractivity contribution in [2.45, 2.75) is 33.2 Å². The molecule has 1 heterocycles. The zero-order valence-corrected chi connectivity index (χ0v) is 19.5. The predicted octanol–water partition coefficient (Wildman–Crippen LogP) is 4.41. The van der Waals surface area contributed by atoms with Crippen LogP contribution in [0.15, 0.2) is 66.7 Å². The van der Waals surface area contributed by atoms with Gasteiger partial charge in [-0.05, 0) is 56.2 Å². The summed E-state index contributed by atoms with van der Waals surface area (Å²) in [6.07, 6.45) is -0.0595. The maximum atomic E-state index is 13.3. The summed E-state index contributed by atoms with van der Waals surface area (Å²) < 4.78 is 0. The van der Waals surface area contributed by atoms with Gasteiger partial charge in [0.05, 0.1) is 17.8 Å². The zero-order valence-electron chi connectivity index (χ0n) is 19.5. The molecule has 1 unspecified atom stereocenters. The van der Waals surface area contributed by atoms with Crippen LogP contribution < -0.4 is 20.9 Å². The Bertz CT molecular complexity index is 1220. The molecule has 1 atom stereocenters. The predicted molar refractivity (Wildman–Crippen MR) is 135 cm³/mol. The highest BCUT2D eigenvalue weighted by Gasteiger charge is 2.34. The molecule has 3 aromatic carbocycles. The van der Waals surface area contributed by atoms with Gasteiger partial charge in [-0.25, -0.2) is 0 Å². The molecule has 0 aliphatic carbocycles. The minimum Gasteiger partial charge on any atom is -0.372 e. The number of nitrogens with zero attached hydrogens (tertiary/aromatic N) is 1. The molecule has 174 valence electrons. The number of para-hydroxylation sites is 3. The van der Waals surface area contributed by atoms with Crippen molar-refractivity contribution in [3.05, 3.63) is 83.4 Å². The molecule has 4 rings (SSSR count). The van der Waals surface area contributed by atoms with E-state index in [0.717, 1.165) is 22.4 Å². The first-order valence-electron chi connectivity index (χ1n) is 11.2. The fourth-order valence-corrected chi connectivity index (χ4v) is 4.06. The minimum absolute atomic E-state index is 0.0595. The Morgan fingerprint density at radius 2 is 1.53 bits per heavy atom. The lowest BCUT2D eigenvalue weighted by Crippen LogP contribution is -2.51. The summed E-state index contributed by atoms with van der Waals surface area (Å²) in [5, 5.41) is 8.93. The topological polar surface area (TPSA) is 90.5 Å². The summed E-state index contributed by atoms with van der Waals surface area (Å²) in [6.45, 7) is 5.67. The smallest absolute Gasteiger partial charge is 0.250 e. The molecule has 0 bridgehead atoms. The van der Waals surface area contributed by atoms with Gasteiger partial charge in [0.1, 0.15) is 12.6 Å². The number of anilines is 4. The van der Waals surface area contributed by atoms with Crippen LogP contribution in [0.5, 0.6) is 0 Å². The van der Waals surface area contributed by atoms with Crippen molar-refractivity contribution in [3.63, 3.8) is 0 Å². The summed E-state index contributed by atoms with van der Waals surface area (Å²) in [5.74, 6) is -0.909. The number of aryl methyl sites for hydroxylation is 3. The van der Waals surface area contributed by atoms with Crippen molar-refractivity contribution in [1.29, 1.82) is 0 Å². The molecule has 0 saturated heterocycles. The zero-order chi connectivity index (χ0) is 24.2. The minimum atomic E-state index is -0.784. The van der Waals surface area contributed by atoms with Crippen molar-refractivity contribution in [3.8, 4) is 0 Å². The number of rotatable bonds is 6. The van der Waals surface area contributed by atoms with E-state index in [9.17, 15) is 14.4 Å². The molecule has 1 aliphatic rings. The second-order valence-electron chi connectivity index (χ2n) is 8.57. The Labute approximate surface area is 199 Å². The molecule has 7 heteroatoms. The molecule has 0 aromatic heterocycles. The van der Waals surface area contributed by atoms with E-state index in [2.05, 4.69) is 16.0 Å². The summed E-state index contributed by atoms with van der Waals surface area (Å²) in [6, 6.07) is 19.8. The third-order valence-corrected chi connectivity index (χ3v) is 5.86. The highest BCUT2D eigenvalue weighted by atomic mass is 16.2. The van der Waals surface area contributed by atoms with Gasteiger partial charge in [0.2, 0.25) is 11.8 Å². The highest BCUT2D eigenvalue weighted by molar-refractivity contribution is 6.11. The Morgan fingerprint density at radius 1 is 0.853 bits per heavy atom. The fraction of sp³-hybridized carbons (Fsp3) is 0.222. The van der Waals surface area contributed by atoms with E-state index in [0.29, 0.717) is 17.1 Å². The molecular weight excluding hydrogens is 428 g/mol. The number of carbonyl (C=O) groups is 3. The van der Waals surface area contributed by atoms with Gasteiger partial charge in [-0.1, -0.05) is 48.0 Å². The van der Waals surface area contributed by atoms with Gasteiger partial charge in [-0.3, -0.25) is 19.3 Å². The SMILES string of the molecule is Cc1ccc(NC(=O)CC2Nc3ccccc3N(CC(=O)Nc3c(C)cccc3C)C2=O)cc1. The number of carbonyl (C=O) groups excluding carboxylic acids is 3. The first kappa shape index (κ1) is 23.0. The number of benzene rings is 3. The Morgan fingerprint density at radius 3 is 2.24 bits per heavy atom. The standard InChI is InChI=1S/C27H28N4O3/c1-17-11-13-20(14-12-17)28-24(32)15-22-27(34)31(23-10-5-4-9-21(23)29-22)16-25(33)30-26-18(2)7-6-8-19(26)3/h4-14,22,29H,15-16H2,1-3H3,(H,28,32)(H,30,33). The molecule has 7 nitrogen and oxygen atoms in total. The molecular formula is C27H28N4O3. The average Bonchev–Trinajstić information content (AvgIpc) is 2.80. The summed E-state index contributed by atoms with van der Waals surface area (Å²) in [7, 11) is 0. The normalized spacial score (nSPS) is 14.7. The van der Waals surface area contributed by atoms with Crippen LogP contribution in [-0.4, -0.2) is 30.3 Å². The molecule has 3 N–H and O–H groups in total. The maximum absolute atomic E-state index is 13.3. The largest absolute Gasteiger partial charge is 0.372 e. The van der Waals surface area contributed by atoms with Gasteiger partial charge in [0, 0.05) is 11.4 Å². The van der Waals surface area contributed by atoms with Crippen LogP contribution in [0, 0.1) is 20.8 Å². The Kier molecular flexibility index (Phi) is 6.63. The maximum Gasteiger partial charge on any atom is 0.250 e. The summed E-state index contributed by atoms with van der Waals surface area (Å²) >= 11 is 0. The molecule has 3 amide bonds. The average molecular weight is 457 g/mol. The monoisotopic (exact) mass is 456 g/mol. The number of hydrogen-bond donors (Lipinski definition) is 3. The molecule has 0 radical (unpaired) electrons. The van der Waals surface area contributed by atoms with Crippen LogP contribution in [0.1, 0.15) is 23.1 Å². The highest BCUT2D eigenvalue weighted by Crippen LogP contribution is 2.32. The van der Waals surface area contributed by atoms with Crippen molar-refractivity contribution < 1.29 is 14.4 Å². The van der Waals surface area contributed by atoms with Crippen LogP contribution in [0.2, 0.25) is 0 Å². The third-order valence-electron chi connectivity index (χ3n) is 5.86. The van der Waals surface area contributed by atoms with Gasteiger partial charge in [-0.2, -0.15) is 0 Å². The summed E-state index contributed by atoms with van der Waals surface area (Å²) in [4.78, 5) is 40.4. The van der Waals surface area contributed by atoms with E-state index < -0.39 is 6.04 Å². The van der Waals surface area contributed by atoms with Gasteiger partial charge in [0.15, 0.2) is 0 Å². The molecule has 3 aromatic rings.